The topological polar surface area (TPSA) is 73.1 Å². The van der Waals surface area contributed by atoms with Gasteiger partial charge in [0, 0.05) is 17.4 Å². The van der Waals surface area contributed by atoms with Crippen LogP contribution in [0.2, 0.25) is 0 Å². The van der Waals surface area contributed by atoms with E-state index in [1.165, 1.54) is 0 Å². The van der Waals surface area contributed by atoms with Crippen molar-refractivity contribution < 1.29 is 9.90 Å². The second kappa shape index (κ2) is 7.75. The van der Waals surface area contributed by atoms with Crippen LogP contribution in [0.25, 0.3) is 0 Å². The number of thioether (sulfide) groups is 1. The molecule has 0 saturated carbocycles. The fraction of sp³-hybridized carbons (Fsp3) is 0.385. The van der Waals surface area contributed by atoms with E-state index in [2.05, 4.69) is 5.32 Å². The number of nitrogens with one attached hydrogen (secondary N) is 1. The number of aliphatic hydroxyl groups is 1. The molecule has 0 heterocycles. The van der Waals surface area contributed by atoms with Crippen LogP contribution in [0.3, 0.4) is 0 Å². The second-order valence-electron chi connectivity index (χ2n) is 3.82. The molecular weight excluding hydrogens is 248 g/mol. The first kappa shape index (κ1) is 14.6. The number of nitriles is 1. The minimum absolute atomic E-state index is 0.115. The highest BCUT2D eigenvalue weighted by Gasteiger charge is 2.07. The van der Waals surface area contributed by atoms with Gasteiger partial charge in [0.2, 0.25) is 5.91 Å². The quantitative estimate of drug-likeness (QED) is 0.824. The molecule has 0 aliphatic rings. The number of para-hydroxylation sites is 1. The standard InChI is InChI=1S/C13H16N2O2S/c1-10(9-16)18-7-6-13(17)15-12-5-3-2-4-11(12)8-14/h2-5,10,16H,6-7,9H2,1H3,(H,15,17). The van der Waals surface area contributed by atoms with E-state index >= 15 is 0 Å². The van der Waals surface area contributed by atoms with E-state index in [0.717, 1.165) is 0 Å². The number of nitrogens with zero attached hydrogens (tertiary/aromatic N) is 1. The lowest BCUT2D eigenvalue weighted by atomic mass is 10.2. The Morgan fingerprint density at radius 2 is 2.28 bits per heavy atom. The van der Waals surface area contributed by atoms with Crippen molar-refractivity contribution in [1.82, 2.24) is 0 Å². The van der Waals surface area contributed by atoms with Gasteiger partial charge in [-0.05, 0) is 12.1 Å². The van der Waals surface area contributed by atoms with Crippen LogP contribution >= 0.6 is 11.8 Å². The number of rotatable bonds is 6. The van der Waals surface area contributed by atoms with Crippen molar-refractivity contribution in [2.24, 2.45) is 0 Å². The summed E-state index contributed by atoms with van der Waals surface area (Å²) in [5, 5.41) is 20.6. The third-order valence-corrected chi connectivity index (χ3v) is 3.47. The summed E-state index contributed by atoms with van der Waals surface area (Å²) in [4.78, 5) is 11.7. The lowest BCUT2D eigenvalue weighted by Crippen LogP contribution is -2.14. The van der Waals surface area contributed by atoms with Gasteiger partial charge in [-0.1, -0.05) is 19.1 Å². The first-order valence-corrected chi connectivity index (χ1v) is 6.73. The molecule has 0 fully saturated rings. The Hall–Kier alpha value is -1.51. The van der Waals surface area contributed by atoms with Gasteiger partial charge in [0.1, 0.15) is 6.07 Å². The number of anilines is 1. The summed E-state index contributed by atoms with van der Waals surface area (Å²) in [5.41, 5.74) is 1.01. The van der Waals surface area contributed by atoms with E-state index < -0.39 is 0 Å². The normalized spacial score (nSPS) is 11.6. The zero-order valence-electron chi connectivity index (χ0n) is 10.2. The Labute approximate surface area is 111 Å². The van der Waals surface area contributed by atoms with Crippen LogP contribution in [-0.2, 0) is 4.79 Å². The van der Waals surface area contributed by atoms with Crippen molar-refractivity contribution >= 4 is 23.4 Å². The molecule has 0 spiro atoms. The second-order valence-corrected chi connectivity index (χ2v) is 5.37. The molecule has 0 bridgehead atoms. The highest BCUT2D eigenvalue weighted by molar-refractivity contribution is 7.99. The van der Waals surface area contributed by atoms with Crippen molar-refractivity contribution in [3.8, 4) is 6.07 Å². The molecule has 0 saturated heterocycles. The first-order valence-electron chi connectivity index (χ1n) is 5.68. The summed E-state index contributed by atoms with van der Waals surface area (Å²) in [6.45, 7) is 2.02. The molecule has 1 atom stereocenters. The van der Waals surface area contributed by atoms with Gasteiger partial charge in [0.05, 0.1) is 17.9 Å². The number of aliphatic hydroxyl groups excluding tert-OH is 1. The monoisotopic (exact) mass is 264 g/mol. The number of carbonyl (C=O) groups is 1. The highest BCUT2D eigenvalue weighted by atomic mass is 32.2. The van der Waals surface area contributed by atoms with Gasteiger partial charge in [-0.2, -0.15) is 17.0 Å². The van der Waals surface area contributed by atoms with E-state index in [1.807, 2.05) is 13.0 Å². The number of hydrogen-bond acceptors (Lipinski definition) is 4. The summed E-state index contributed by atoms with van der Waals surface area (Å²) in [6, 6.07) is 8.94. The molecule has 0 radical (unpaired) electrons. The predicted octanol–water partition coefficient (Wildman–Crippen LogP) is 2.00. The van der Waals surface area contributed by atoms with Crippen LogP contribution in [0.4, 0.5) is 5.69 Å². The van der Waals surface area contributed by atoms with E-state index in [-0.39, 0.29) is 17.8 Å². The smallest absolute Gasteiger partial charge is 0.225 e. The van der Waals surface area contributed by atoms with Crippen LogP contribution in [0, 0.1) is 11.3 Å². The number of hydrogen-bond donors (Lipinski definition) is 2. The zero-order valence-corrected chi connectivity index (χ0v) is 11.0. The molecule has 5 heteroatoms. The molecule has 1 unspecified atom stereocenters. The molecular formula is C13H16N2O2S. The zero-order chi connectivity index (χ0) is 13.4. The van der Waals surface area contributed by atoms with Crippen molar-refractivity contribution in [3.05, 3.63) is 29.8 Å². The number of amides is 1. The van der Waals surface area contributed by atoms with Gasteiger partial charge in [-0.15, -0.1) is 0 Å². The van der Waals surface area contributed by atoms with E-state index in [0.29, 0.717) is 23.4 Å². The SMILES string of the molecule is CC(CO)SCCC(=O)Nc1ccccc1C#N. The van der Waals surface area contributed by atoms with Gasteiger partial charge < -0.3 is 10.4 Å². The van der Waals surface area contributed by atoms with Crippen molar-refractivity contribution in [1.29, 1.82) is 5.26 Å². The summed E-state index contributed by atoms with van der Waals surface area (Å²) in [5.74, 6) is 0.540. The van der Waals surface area contributed by atoms with Gasteiger partial charge in [0.25, 0.3) is 0 Å². The van der Waals surface area contributed by atoms with Gasteiger partial charge in [-0.3, -0.25) is 4.79 Å². The van der Waals surface area contributed by atoms with Crippen molar-refractivity contribution in [2.45, 2.75) is 18.6 Å². The maximum atomic E-state index is 11.7. The minimum Gasteiger partial charge on any atom is -0.395 e. The van der Waals surface area contributed by atoms with E-state index in [1.54, 1.807) is 36.0 Å². The molecule has 1 aromatic rings. The van der Waals surface area contributed by atoms with Crippen LogP contribution < -0.4 is 5.32 Å². The Balaban J connectivity index is 2.43. The summed E-state index contributed by atoms with van der Waals surface area (Å²) in [6.07, 6.45) is 0.370. The molecule has 1 aromatic carbocycles. The van der Waals surface area contributed by atoms with Crippen LogP contribution in [-0.4, -0.2) is 28.6 Å². The summed E-state index contributed by atoms with van der Waals surface area (Å²) in [7, 11) is 0. The largest absolute Gasteiger partial charge is 0.395 e. The molecule has 0 aliphatic carbocycles. The lowest BCUT2D eigenvalue weighted by Gasteiger charge is -2.08. The fourth-order valence-corrected chi connectivity index (χ4v) is 2.12. The van der Waals surface area contributed by atoms with Crippen molar-refractivity contribution in [3.63, 3.8) is 0 Å². The predicted molar refractivity (Wildman–Crippen MR) is 73.4 cm³/mol. The Bertz CT molecular complexity index is 443. The third-order valence-electron chi connectivity index (χ3n) is 2.31. The average molecular weight is 264 g/mol. The van der Waals surface area contributed by atoms with Gasteiger partial charge in [0.15, 0.2) is 0 Å². The first-order chi connectivity index (χ1) is 8.67. The maximum Gasteiger partial charge on any atom is 0.225 e. The van der Waals surface area contributed by atoms with Crippen molar-refractivity contribution in [2.75, 3.05) is 17.7 Å². The molecule has 2 N–H and O–H groups in total. The molecule has 96 valence electrons. The van der Waals surface area contributed by atoms with Crippen LogP contribution in [0.1, 0.15) is 18.9 Å². The molecule has 0 aromatic heterocycles. The Kier molecular flexibility index (Phi) is 6.26. The molecule has 1 amide bonds. The maximum absolute atomic E-state index is 11.7. The van der Waals surface area contributed by atoms with Crippen LogP contribution in [0.5, 0.6) is 0 Å². The number of benzene rings is 1. The third kappa shape index (κ3) is 4.78. The summed E-state index contributed by atoms with van der Waals surface area (Å²) < 4.78 is 0. The average Bonchev–Trinajstić information content (AvgIpc) is 2.39. The highest BCUT2D eigenvalue weighted by Crippen LogP contribution is 2.15. The molecule has 1 rings (SSSR count). The Morgan fingerprint density at radius 1 is 1.56 bits per heavy atom. The molecule has 0 aliphatic heterocycles. The lowest BCUT2D eigenvalue weighted by molar-refractivity contribution is -0.115. The molecule has 18 heavy (non-hydrogen) atoms. The van der Waals surface area contributed by atoms with Gasteiger partial charge in [-0.25, -0.2) is 0 Å². The summed E-state index contributed by atoms with van der Waals surface area (Å²) >= 11 is 1.55. The minimum atomic E-state index is -0.115. The molecule has 4 nitrogen and oxygen atoms in total. The van der Waals surface area contributed by atoms with E-state index in [4.69, 9.17) is 10.4 Å². The number of carbonyl (C=O) groups excluding carboxylic acids is 1. The van der Waals surface area contributed by atoms with Gasteiger partial charge >= 0.3 is 0 Å². The van der Waals surface area contributed by atoms with E-state index in [9.17, 15) is 4.79 Å². The Morgan fingerprint density at radius 3 is 2.94 bits per heavy atom. The van der Waals surface area contributed by atoms with Crippen LogP contribution in [0.15, 0.2) is 24.3 Å². The fourth-order valence-electron chi connectivity index (χ4n) is 1.31.